The molecule has 2 rings (SSSR count). The van der Waals surface area contributed by atoms with Crippen LogP contribution in [0.2, 0.25) is 0 Å². The van der Waals surface area contributed by atoms with Gasteiger partial charge in [-0.3, -0.25) is 0 Å². The summed E-state index contributed by atoms with van der Waals surface area (Å²) in [6, 6.07) is 12.9. The molecule has 0 atom stereocenters. The molecule has 0 radical (unpaired) electrons. The maximum Gasteiger partial charge on any atom is 0.407 e. The Morgan fingerprint density at radius 1 is 1.07 bits per heavy atom. The van der Waals surface area contributed by atoms with Gasteiger partial charge in [0.25, 0.3) is 0 Å². The predicted molar refractivity (Wildman–Crippen MR) is 102 cm³/mol. The lowest BCUT2D eigenvalue weighted by Crippen LogP contribution is -2.24. The molecule has 0 bridgehead atoms. The second-order valence-corrected chi connectivity index (χ2v) is 5.57. The quantitative estimate of drug-likeness (QED) is 0.580. The SMILES string of the molecule is COc1cc(CO)cc(OC)c1C#CCCNC(=O)OCc1ccccc1. The first-order chi connectivity index (χ1) is 13.2. The Morgan fingerprint density at radius 2 is 1.74 bits per heavy atom. The molecule has 0 aliphatic heterocycles. The third-order valence-electron chi connectivity index (χ3n) is 3.69. The van der Waals surface area contributed by atoms with Gasteiger partial charge in [-0.2, -0.15) is 0 Å². The number of rotatable bonds is 7. The second-order valence-electron chi connectivity index (χ2n) is 5.57. The minimum atomic E-state index is -0.483. The summed E-state index contributed by atoms with van der Waals surface area (Å²) >= 11 is 0. The van der Waals surface area contributed by atoms with Crippen LogP contribution in [0.1, 0.15) is 23.1 Å². The normalized spacial score (nSPS) is 9.74. The molecule has 1 amide bonds. The highest BCUT2D eigenvalue weighted by Crippen LogP contribution is 2.29. The van der Waals surface area contributed by atoms with Crippen LogP contribution in [0.25, 0.3) is 0 Å². The molecular formula is C21H23NO5. The van der Waals surface area contributed by atoms with Crippen molar-refractivity contribution in [1.29, 1.82) is 0 Å². The number of hydrogen-bond donors (Lipinski definition) is 2. The van der Waals surface area contributed by atoms with Gasteiger partial charge in [0.2, 0.25) is 0 Å². The van der Waals surface area contributed by atoms with Crippen LogP contribution in [0.3, 0.4) is 0 Å². The molecule has 27 heavy (non-hydrogen) atoms. The van der Waals surface area contributed by atoms with Crippen molar-refractivity contribution in [3.63, 3.8) is 0 Å². The summed E-state index contributed by atoms with van der Waals surface area (Å²) in [7, 11) is 3.07. The van der Waals surface area contributed by atoms with Crippen molar-refractivity contribution in [1.82, 2.24) is 5.32 Å². The van der Waals surface area contributed by atoms with Gasteiger partial charge in [0.15, 0.2) is 0 Å². The van der Waals surface area contributed by atoms with Crippen molar-refractivity contribution in [2.24, 2.45) is 0 Å². The van der Waals surface area contributed by atoms with Crippen molar-refractivity contribution in [3.05, 3.63) is 59.2 Å². The number of methoxy groups -OCH3 is 2. The molecule has 0 saturated carbocycles. The van der Waals surface area contributed by atoms with E-state index in [9.17, 15) is 9.90 Å². The minimum Gasteiger partial charge on any atom is -0.495 e. The highest BCUT2D eigenvalue weighted by atomic mass is 16.5. The smallest absolute Gasteiger partial charge is 0.407 e. The Labute approximate surface area is 159 Å². The summed E-state index contributed by atoms with van der Waals surface area (Å²) < 4.78 is 15.8. The highest BCUT2D eigenvalue weighted by molar-refractivity contribution is 5.67. The maximum absolute atomic E-state index is 11.7. The molecule has 0 heterocycles. The van der Waals surface area contributed by atoms with Crippen LogP contribution in [0.4, 0.5) is 4.79 Å². The number of nitrogens with one attached hydrogen (secondary N) is 1. The molecule has 0 fully saturated rings. The van der Waals surface area contributed by atoms with Crippen molar-refractivity contribution in [3.8, 4) is 23.3 Å². The molecule has 0 saturated heterocycles. The molecule has 0 aliphatic rings. The first-order valence-electron chi connectivity index (χ1n) is 8.47. The fourth-order valence-electron chi connectivity index (χ4n) is 2.33. The van der Waals surface area contributed by atoms with Crippen LogP contribution in [0.15, 0.2) is 42.5 Å². The third-order valence-corrected chi connectivity index (χ3v) is 3.69. The van der Waals surface area contributed by atoms with Gasteiger partial charge in [0.1, 0.15) is 23.7 Å². The molecule has 0 aromatic heterocycles. The summed E-state index contributed by atoms with van der Waals surface area (Å²) in [6.45, 7) is 0.472. The van der Waals surface area contributed by atoms with Gasteiger partial charge < -0.3 is 24.6 Å². The minimum absolute atomic E-state index is 0.116. The number of carbonyl (C=O) groups excluding carboxylic acids is 1. The molecule has 0 spiro atoms. The average molecular weight is 369 g/mol. The zero-order valence-corrected chi connectivity index (χ0v) is 15.5. The van der Waals surface area contributed by atoms with Crippen LogP contribution >= 0.6 is 0 Å². The zero-order chi connectivity index (χ0) is 19.5. The molecule has 2 aromatic carbocycles. The average Bonchev–Trinajstić information content (AvgIpc) is 2.72. The third kappa shape index (κ3) is 6.24. The van der Waals surface area contributed by atoms with Gasteiger partial charge in [-0.05, 0) is 23.3 Å². The van der Waals surface area contributed by atoms with Crippen LogP contribution < -0.4 is 14.8 Å². The number of amides is 1. The van der Waals surface area contributed by atoms with Crippen molar-refractivity contribution in [2.45, 2.75) is 19.6 Å². The van der Waals surface area contributed by atoms with E-state index in [4.69, 9.17) is 14.2 Å². The van der Waals surface area contributed by atoms with E-state index in [0.717, 1.165) is 5.56 Å². The fraction of sp³-hybridized carbons (Fsp3) is 0.286. The van der Waals surface area contributed by atoms with E-state index in [1.165, 1.54) is 14.2 Å². The van der Waals surface area contributed by atoms with E-state index < -0.39 is 6.09 Å². The Morgan fingerprint density at radius 3 is 2.33 bits per heavy atom. The van der Waals surface area contributed by atoms with Crippen LogP contribution in [0.5, 0.6) is 11.5 Å². The van der Waals surface area contributed by atoms with Crippen LogP contribution in [-0.4, -0.2) is 32.0 Å². The molecule has 142 valence electrons. The van der Waals surface area contributed by atoms with E-state index in [-0.39, 0.29) is 13.2 Å². The Kier molecular flexibility index (Phi) is 8.01. The van der Waals surface area contributed by atoms with Crippen molar-refractivity contribution in [2.75, 3.05) is 20.8 Å². The summed E-state index contributed by atoms with van der Waals surface area (Å²) in [5, 5.41) is 11.9. The zero-order valence-electron chi connectivity index (χ0n) is 15.5. The van der Waals surface area contributed by atoms with Gasteiger partial charge in [-0.1, -0.05) is 42.2 Å². The van der Waals surface area contributed by atoms with E-state index in [1.807, 2.05) is 30.3 Å². The Bertz CT molecular complexity index is 783. The molecule has 2 aromatic rings. The standard InChI is InChI=1S/C21H23NO5/c1-25-19-12-17(14-23)13-20(26-2)18(19)10-6-7-11-22-21(24)27-15-16-8-4-3-5-9-16/h3-5,8-9,12-13,23H,7,11,14-15H2,1-2H3,(H,22,24). The van der Waals surface area contributed by atoms with Gasteiger partial charge in [-0.15, -0.1) is 0 Å². The summed E-state index contributed by atoms with van der Waals surface area (Å²) in [5.41, 5.74) is 2.21. The summed E-state index contributed by atoms with van der Waals surface area (Å²) in [5.74, 6) is 7.03. The van der Waals surface area contributed by atoms with Gasteiger partial charge in [-0.25, -0.2) is 4.79 Å². The summed E-state index contributed by atoms with van der Waals surface area (Å²) in [4.78, 5) is 11.7. The number of aliphatic hydroxyl groups excluding tert-OH is 1. The molecule has 0 aliphatic carbocycles. The number of benzene rings is 2. The predicted octanol–water partition coefficient (Wildman–Crippen LogP) is 2.86. The Hall–Kier alpha value is -3.17. The first-order valence-corrected chi connectivity index (χ1v) is 8.47. The van der Waals surface area contributed by atoms with Gasteiger partial charge >= 0.3 is 6.09 Å². The van der Waals surface area contributed by atoms with Crippen LogP contribution in [0, 0.1) is 11.8 Å². The van der Waals surface area contributed by atoms with E-state index in [0.29, 0.717) is 35.6 Å². The number of alkyl carbamates (subject to hydrolysis) is 1. The van der Waals surface area contributed by atoms with E-state index in [2.05, 4.69) is 17.2 Å². The molecule has 2 N–H and O–H groups in total. The fourth-order valence-corrected chi connectivity index (χ4v) is 2.33. The maximum atomic E-state index is 11.7. The number of ether oxygens (including phenoxy) is 3. The second kappa shape index (κ2) is 10.7. The number of aliphatic hydroxyl groups is 1. The van der Waals surface area contributed by atoms with Crippen molar-refractivity contribution >= 4 is 6.09 Å². The topological polar surface area (TPSA) is 77.0 Å². The molecular weight excluding hydrogens is 346 g/mol. The lowest BCUT2D eigenvalue weighted by Gasteiger charge is -2.10. The van der Waals surface area contributed by atoms with Gasteiger partial charge in [0, 0.05) is 13.0 Å². The summed E-state index contributed by atoms with van der Waals surface area (Å²) in [6.07, 6.45) is -0.0442. The molecule has 0 unspecified atom stereocenters. The van der Waals surface area contributed by atoms with Gasteiger partial charge in [0.05, 0.1) is 20.8 Å². The lowest BCUT2D eigenvalue weighted by atomic mass is 10.1. The van der Waals surface area contributed by atoms with E-state index in [1.54, 1.807) is 12.1 Å². The molecule has 6 heteroatoms. The monoisotopic (exact) mass is 369 g/mol. The first kappa shape index (κ1) is 20.1. The van der Waals surface area contributed by atoms with E-state index >= 15 is 0 Å². The largest absolute Gasteiger partial charge is 0.495 e. The number of hydrogen-bond acceptors (Lipinski definition) is 5. The highest BCUT2D eigenvalue weighted by Gasteiger charge is 2.10. The molecule has 6 nitrogen and oxygen atoms in total. The number of carbonyl (C=O) groups is 1. The Balaban J connectivity index is 1.85. The lowest BCUT2D eigenvalue weighted by molar-refractivity contribution is 0.140. The van der Waals surface area contributed by atoms with Crippen LogP contribution in [-0.2, 0) is 18.0 Å². The van der Waals surface area contributed by atoms with Crippen molar-refractivity contribution < 1.29 is 24.1 Å².